The van der Waals surface area contributed by atoms with Gasteiger partial charge in [0.1, 0.15) is 11.6 Å². The van der Waals surface area contributed by atoms with E-state index in [1.165, 1.54) is 48.4 Å². The molecule has 0 bridgehead atoms. The number of nitrogens with zero attached hydrogens (tertiary/aromatic N) is 1. The van der Waals surface area contributed by atoms with E-state index in [1.54, 1.807) is 0 Å². The van der Waals surface area contributed by atoms with Gasteiger partial charge in [0.05, 0.1) is 34.4 Å². The van der Waals surface area contributed by atoms with Crippen LogP contribution in [0.1, 0.15) is 26.2 Å². The molecule has 1 unspecified atom stereocenters. The number of methoxy groups -OCH3 is 1. The minimum absolute atomic E-state index is 0.0228. The van der Waals surface area contributed by atoms with Gasteiger partial charge >= 0.3 is 0 Å². The summed E-state index contributed by atoms with van der Waals surface area (Å²) in [5.74, 6) is -1.58. The second-order valence-corrected chi connectivity index (χ2v) is 9.13. The molecule has 1 amide bonds. The summed E-state index contributed by atoms with van der Waals surface area (Å²) in [6, 6.07) is 8.12. The molecule has 0 N–H and O–H groups in total. The Morgan fingerprint density at radius 1 is 1.25 bits per heavy atom. The largest absolute Gasteiger partial charge is 0.495 e. The second-order valence-electron chi connectivity index (χ2n) is 6.73. The fourth-order valence-electron chi connectivity index (χ4n) is 3.35. The number of amides is 1. The van der Waals surface area contributed by atoms with Crippen LogP contribution in [0.2, 0.25) is 5.02 Å². The zero-order valence-electron chi connectivity index (χ0n) is 15.6. The third kappa shape index (κ3) is 3.86. The summed E-state index contributed by atoms with van der Waals surface area (Å²) in [6.07, 6.45) is 2.02. The summed E-state index contributed by atoms with van der Waals surface area (Å²) in [5, 5.41) is 0.184. The van der Waals surface area contributed by atoms with Gasteiger partial charge in [-0.3, -0.25) is 9.69 Å². The number of benzene rings is 2. The molecule has 3 rings (SSSR count). The van der Waals surface area contributed by atoms with Crippen molar-refractivity contribution >= 4 is 38.7 Å². The maximum Gasteiger partial charge on any atom is 0.235 e. The molecule has 0 spiro atoms. The minimum Gasteiger partial charge on any atom is -0.495 e. The lowest BCUT2D eigenvalue weighted by Crippen LogP contribution is -2.33. The zero-order valence-corrected chi connectivity index (χ0v) is 17.2. The number of rotatable bonds is 5. The Kier molecular flexibility index (Phi) is 5.95. The Morgan fingerprint density at radius 2 is 1.93 bits per heavy atom. The zero-order chi connectivity index (χ0) is 20.5. The van der Waals surface area contributed by atoms with Gasteiger partial charge in [-0.05, 0) is 36.8 Å². The summed E-state index contributed by atoms with van der Waals surface area (Å²) >= 11 is 6.24. The van der Waals surface area contributed by atoms with Crippen molar-refractivity contribution < 1.29 is 22.3 Å². The first-order chi connectivity index (χ1) is 13.3. The van der Waals surface area contributed by atoms with E-state index >= 15 is 0 Å². The van der Waals surface area contributed by atoms with E-state index in [2.05, 4.69) is 0 Å². The standard InChI is InChI=1S/C20H21ClFNO4S/c1-3-4-5-13-12-28(25,26)19-11-18(27-2)16(21)10-17(19)23(20(13)24)15-8-6-14(22)7-9-15/h6-11,13H,3-5,12H2,1-2H3. The van der Waals surface area contributed by atoms with Crippen molar-refractivity contribution in [3.63, 3.8) is 0 Å². The molecule has 0 fully saturated rings. The van der Waals surface area contributed by atoms with Crippen LogP contribution < -0.4 is 9.64 Å². The number of hydrogen-bond acceptors (Lipinski definition) is 4. The van der Waals surface area contributed by atoms with Crippen LogP contribution in [0.25, 0.3) is 0 Å². The smallest absolute Gasteiger partial charge is 0.235 e. The first-order valence-corrected chi connectivity index (χ1v) is 11.0. The van der Waals surface area contributed by atoms with E-state index in [9.17, 15) is 17.6 Å². The summed E-state index contributed by atoms with van der Waals surface area (Å²) in [4.78, 5) is 14.6. The van der Waals surface area contributed by atoms with Crippen LogP contribution in [-0.4, -0.2) is 27.2 Å². The van der Waals surface area contributed by atoms with Crippen molar-refractivity contribution in [1.82, 2.24) is 0 Å². The van der Waals surface area contributed by atoms with Crippen molar-refractivity contribution in [3.8, 4) is 5.75 Å². The first kappa shape index (κ1) is 20.6. The number of carbonyl (C=O) groups excluding carboxylic acids is 1. The van der Waals surface area contributed by atoms with Crippen LogP contribution in [0, 0.1) is 11.7 Å². The fourth-order valence-corrected chi connectivity index (χ4v) is 5.35. The Labute approximate surface area is 169 Å². The maximum atomic E-state index is 13.4. The molecule has 1 aliphatic rings. The third-order valence-electron chi connectivity index (χ3n) is 4.79. The highest BCUT2D eigenvalue weighted by molar-refractivity contribution is 7.91. The Bertz CT molecular complexity index is 992. The van der Waals surface area contributed by atoms with Gasteiger partial charge in [0.25, 0.3) is 0 Å². The van der Waals surface area contributed by atoms with Crippen LogP contribution >= 0.6 is 11.6 Å². The molecular formula is C20H21ClFNO4S. The van der Waals surface area contributed by atoms with Crippen molar-refractivity contribution in [2.24, 2.45) is 5.92 Å². The van der Waals surface area contributed by atoms with Gasteiger partial charge in [-0.1, -0.05) is 31.4 Å². The molecule has 150 valence electrons. The number of fused-ring (bicyclic) bond motifs is 1. The highest BCUT2D eigenvalue weighted by atomic mass is 35.5. The average molecular weight is 426 g/mol. The topological polar surface area (TPSA) is 63.7 Å². The highest BCUT2D eigenvalue weighted by Crippen LogP contribution is 2.42. The number of carbonyl (C=O) groups is 1. The molecular weight excluding hydrogens is 405 g/mol. The van der Waals surface area contributed by atoms with E-state index in [-0.39, 0.29) is 33.0 Å². The van der Waals surface area contributed by atoms with Gasteiger partial charge in [-0.25, -0.2) is 12.8 Å². The highest BCUT2D eigenvalue weighted by Gasteiger charge is 2.39. The number of unbranched alkanes of at least 4 members (excludes halogenated alkanes) is 1. The number of halogens is 2. The van der Waals surface area contributed by atoms with Crippen LogP contribution in [-0.2, 0) is 14.6 Å². The van der Waals surface area contributed by atoms with Crippen molar-refractivity contribution in [3.05, 3.63) is 47.2 Å². The first-order valence-electron chi connectivity index (χ1n) is 8.98. The van der Waals surface area contributed by atoms with Crippen molar-refractivity contribution in [2.75, 3.05) is 17.8 Å². The lowest BCUT2D eigenvalue weighted by atomic mass is 10.0. The van der Waals surface area contributed by atoms with E-state index in [0.29, 0.717) is 12.1 Å². The molecule has 5 nitrogen and oxygen atoms in total. The van der Waals surface area contributed by atoms with Gasteiger partial charge in [0.15, 0.2) is 9.84 Å². The average Bonchev–Trinajstić information content (AvgIpc) is 2.73. The predicted molar refractivity (Wildman–Crippen MR) is 107 cm³/mol. The van der Waals surface area contributed by atoms with Gasteiger partial charge in [0.2, 0.25) is 5.91 Å². The molecule has 1 atom stereocenters. The number of hydrogen-bond donors (Lipinski definition) is 0. The molecule has 0 saturated carbocycles. The Morgan fingerprint density at radius 3 is 2.54 bits per heavy atom. The lowest BCUT2D eigenvalue weighted by molar-refractivity contribution is -0.121. The normalized spacial score (nSPS) is 18.5. The SMILES string of the molecule is CCCCC1CS(=O)(=O)c2cc(OC)c(Cl)cc2N(c2ccc(F)cc2)C1=O. The maximum absolute atomic E-state index is 13.4. The van der Waals surface area contributed by atoms with Gasteiger partial charge in [-0.15, -0.1) is 0 Å². The molecule has 1 heterocycles. The number of sulfone groups is 1. The predicted octanol–water partition coefficient (Wildman–Crippen LogP) is 4.75. The quantitative estimate of drug-likeness (QED) is 0.693. The number of anilines is 2. The molecule has 8 heteroatoms. The summed E-state index contributed by atoms with van der Waals surface area (Å²) in [5.41, 5.74) is 0.536. The molecule has 28 heavy (non-hydrogen) atoms. The molecule has 0 aliphatic carbocycles. The third-order valence-corrected chi connectivity index (χ3v) is 6.92. The van der Waals surface area contributed by atoms with Gasteiger partial charge in [-0.2, -0.15) is 0 Å². The van der Waals surface area contributed by atoms with E-state index < -0.39 is 21.6 Å². The molecule has 2 aromatic carbocycles. The fraction of sp³-hybridized carbons (Fsp3) is 0.350. The van der Waals surface area contributed by atoms with Crippen LogP contribution in [0.5, 0.6) is 5.75 Å². The van der Waals surface area contributed by atoms with E-state index in [1.807, 2.05) is 6.92 Å². The van der Waals surface area contributed by atoms with Gasteiger partial charge in [0, 0.05) is 11.8 Å². The minimum atomic E-state index is -3.76. The Balaban J connectivity index is 2.25. The lowest BCUT2D eigenvalue weighted by Gasteiger charge is -2.25. The van der Waals surface area contributed by atoms with Crippen LogP contribution in [0.4, 0.5) is 15.8 Å². The van der Waals surface area contributed by atoms with Crippen molar-refractivity contribution in [2.45, 2.75) is 31.1 Å². The van der Waals surface area contributed by atoms with E-state index in [0.717, 1.165) is 12.8 Å². The van der Waals surface area contributed by atoms with Gasteiger partial charge < -0.3 is 4.74 Å². The van der Waals surface area contributed by atoms with Crippen LogP contribution in [0.15, 0.2) is 41.3 Å². The summed E-state index contributed by atoms with van der Waals surface area (Å²) in [6.45, 7) is 1.98. The molecule has 0 radical (unpaired) electrons. The Hall–Kier alpha value is -2.12. The molecule has 0 saturated heterocycles. The van der Waals surface area contributed by atoms with E-state index in [4.69, 9.17) is 16.3 Å². The summed E-state index contributed by atoms with van der Waals surface area (Å²) < 4.78 is 44.8. The number of ether oxygens (including phenoxy) is 1. The van der Waals surface area contributed by atoms with Crippen LogP contribution in [0.3, 0.4) is 0 Å². The second kappa shape index (κ2) is 8.09. The monoisotopic (exact) mass is 425 g/mol. The van der Waals surface area contributed by atoms with Crippen molar-refractivity contribution in [1.29, 1.82) is 0 Å². The molecule has 0 aromatic heterocycles. The molecule has 1 aliphatic heterocycles. The summed E-state index contributed by atoms with van der Waals surface area (Å²) in [7, 11) is -2.37. The molecule has 2 aromatic rings.